The molecule has 2 aromatic carbocycles. The van der Waals surface area contributed by atoms with Gasteiger partial charge >= 0.3 is 0 Å². The molecule has 0 unspecified atom stereocenters. The molecule has 1 aromatic heterocycles. The Morgan fingerprint density at radius 1 is 0.962 bits per heavy atom. The van der Waals surface area contributed by atoms with E-state index in [-0.39, 0.29) is 34.2 Å². The van der Waals surface area contributed by atoms with Crippen LogP contribution in [0.2, 0.25) is 0 Å². The number of ether oxygens (including phenoxy) is 3. The third-order valence-corrected chi connectivity index (χ3v) is 3.83. The van der Waals surface area contributed by atoms with Crippen molar-refractivity contribution < 1.29 is 33.9 Å². The van der Waals surface area contributed by atoms with Gasteiger partial charge in [0, 0.05) is 11.6 Å². The molecule has 0 bridgehead atoms. The minimum atomic E-state index is -1.01. The van der Waals surface area contributed by atoms with Crippen LogP contribution < -0.4 is 29.9 Å². The highest BCUT2D eigenvalue weighted by atomic mass is 16.5. The smallest absolute Gasteiger partial charge is 0.203 e. The Morgan fingerprint density at radius 2 is 1.58 bits per heavy atom. The second kappa shape index (κ2) is 6.40. The zero-order chi connectivity index (χ0) is 19.0. The van der Waals surface area contributed by atoms with E-state index in [2.05, 4.69) is 0 Å². The molecule has 136 valence electrons. The quantitative estimate of drug-likeness (QED) is 0.741. The summed E-state index contributed by atoms with van der Waals surface area (Å²) in [5, 5.41) is 33.5. The van der Waals surface area contributed by atoms with Crippen LogP contribution in [0.15, 0.2) is 33.5 Å². The van der Waals surface area contributed by atoms with E-state index in [1.54, 1.807) is 0 Å². The fourth-order valence-corrected chi connectivity index (χ4v) is 2.66. The van der Waals surface area contributed by atoms with Gasteiger partial charge in [-0.25, -0.2) is 0 Å². The van der Waals surface area contributed by atoms with Crippen LogP contribution in [0, 0.1) is 0 Å². The zero-order valence-corrected chi connectivity index (χ0v) is 14.1. The van der Waals surface area contributed by atoms with Gasteiger partial charge in [-0.1, -0.05) is 5.75 Å². The third-order valence-electron chi connectivity index (χ3n) is 3.83. The molecule has 0 radical (unpaired) electrons. The second-order valence-corrected chi connectivity index (χ2v) is 5.32. The highest BCUT2D eigenvalue weighted by molar-refractivity contribution is 5.88. The van der Waals surface area contributed by atoms with Crippen LogP contribution in [0.25, 0.3) is 22.3 Å². The molecule has 8 nitrogen and oxygen atoms in total. The molecule has 3 aromatic rings. The first-order chi connectivity index (χ1) is 12.4. The summed E-state index contributed by atoms with van der Waals surface area (Å²) in [6, 6.07) is 4.82. The first kappa shape index (κ1) is 17.3. The minimum absolute atomic E-state index is 0.191. The van der Waals surface area contributed by atoms with Crippen LogP contribution >= 0.6 is 0 Å². The van der Waals surface area contributed by atoms with E-state index in [0.717, 1.165) is 12.1 Å². The lowest BCUT2D eigenvalue weighted by Crippen LogP contribution is -2.13. The Kier molecular flexibility index (Phi) is 4.25. The van der Waals surface area contributed by atoms with Gasteiger partial charge < -0.3 is 33.9 Å². The van der Waals surface area contributed by atoms with Crippen molar-refractivity contribution in [3.05, 3.63) is 34.5 Å². The van der Waals surface area contributed by atoms with E-state index in [1.807, 2.05) is 0 Å². The SMILES string of the molecule is COc1cc(-c2oc3cc(O)cc([O-])c3c(=O)c2[O-])cc(OC)c1OC. The van der Waals surface area contributed by atoms with Crippen molar-refractivity contribution in [2.45, 2.75) is 0 Å². The lowest BCUT2D eigenvalue weighted by molar-refractivity contribution is -0.272. The summed E-state index contributed by atoms with van der Waals surface area (Å²) in [5.74, 6) is -1.66. The molecule has 1 heterocycles. The first-order valence-corrected chi connectivity index (χ1v) is 7.39. The Balaban J connectivity index is 2.36. The minimum Gasteiger partial charge on any atom is -0.872 e. The first-order valence-electron chi connectivity index (χ1n) is 7.39. The largest absolute Gasteiger partial charge is 0.872 e. The van der Waals surface area contributed by atoms with Gasteiger partial charge in [-0.3, -0.25) is 4.79 Å². The van der Waals surface area contributed by atoms with Gasteiger partial charge in [0.25, 0.3) is 0 Å². The fourth-order valence-electron chi connectivity index (χ4n) is 2.66. The number of phenols is 1. The van der Waals surface area contributed by atoms with Gasteiger partial charge in [0.2, 0.25) is 5.75 Å². The van der Waals surface area contributed by atoms with Crippen LogP contribution in [0.3, 0.4) is 0 Å². The maximum atomic E-state index is 12.5. The number of phenolic OH excluding ortho intramolecular Hbond substituents is 1. The van der Waals surface area contributed by atoms with E-state index in [9.17, 15) is 20.1 Å². The number of rotatable bonds is 4. The van der Waals surface area contributed by atoms with E-state index in [0.29, 0.717) is 5.75 Å². The molecular weight excluding hydrogens is 344 g/mol. The Morgan fingerprint density at radius 3 is 2.12 bits per heavy atom. The molecule has 0 aliphatic carbocycles. The van der Waals surface area contributed by atoms with Gasteiger partial charge in [-0.05, 0) is 23.9 Å². The van der Waals surface area contributed by atoms with Crippen molar-refractivity contribution >= 4 is 11.0 Å². The van der Waals surface area contributed by atoms with Gasteiger partial charge in [0.1, 0.15) is 17.1 Å². The molecule has 8 heteroatoms. The number of benzene rings is 2. The van der Waals surface area contributed by atoms with Crippen LogP contribution in [-0.2, 0) is 0 Å². The standard InChI is InChI=1S/C18H16O8/c1-23-12-4-8(5-13(24-2)18(12)25-3)17-16(22)15(21)14-10(20)6-9(19)7-11(14)26-17/h4-7,19-20,22H,1-3H3/p-2. The van der Waals surface area contributed by atoms with Crippen LogP contribution in [-0.4, -0.2) is 26.4 Å². The predicted molar refractivity (Wildman–Crippen MR) is 88.1 cm³/mol. The summed E-state index contributed by atoms with van der Waals surface area (Å²) in [6.45, 7) is 0. The van der Waals surface area contributed by atoms with Gasteiger partial charge in [-0.2, -0.15) is 0 Å². The zero-order valence-electron chi connectivity index (χ0n) is 14.1. The van der Waals surface area contributed by atoms with E-state index < -0.39 is 22.3 Å². The number of hydrogen-bond acceptors (Lipinski definition) is 8. The van der Waals surface area contributed by atoms with Gasteiger partial charge in [-0.15, -0.1) is 0 Å². The molecule has 1 N–H and O–H groups in total. The summed E-state index contributed by atoms with van der Waals surface area (Å²) in [6.07, 6.45) is 0. The van der Waals surface area contributed by atoms with Crippen molar-refractivity contribution in [3.8, 4) is 45.8 Å². The summed E-state index contributed by atoms with van der Waals surface area (Å²) in [5.41, 5.74) is -1.01. The van der Waals surface area contributed by atoms with Gasteiger partial charge in [0.05, 0.1) is 26.7 Å². The highest BCUT2D eigenvalue weighted by Crippen LogP contribution is 2.43. The van der Waals surface area contributed by atoms with Crippen LogP contribution in [0.5, 0.6) is 34.5 Å². The molecule has 0 saturated heterocycles. The molecular formula is C18H14O8-2. The van der Waals surface area contributed by atoms with E-state index in [1.165, 1.54) is 33.5 Å². The predicted octanol–water partition coefficient (Wildman–Crippen LogP) is 1.34. The fraction of sp³-hybridized carbons (Fsp3) is 0.167. The second-order valence-electron chi connectivity index (χ2n) is 5.32. The number of hydrogen-bond donors (Lipinski definition) is 1. The van der Waals surface area contributed by atoms with E-state index in [4.69, 9.17) is 18.6 Å². The molecule has 0 fully saturated rings. The normalized spacial score (nSPS) is 10.7. The van der Waals surface area contributed by atoms with Gasteiger partial charge in [0.15, 0.2) is 16.9 Å². The molecule has 0 atom stereocenters. The Labute approximate surface area is 147 Å². The van der Waals surface area contributed by atoms with Crippen molar-refractivity contribution in [3.63, 3.8) is 0 Å². The van der Waals surface area contributed by atoms with Crippen molar-refractivity contribution in [1.29, 1.82) is 0 Å². The maximum Gasteiger partial charge on any atom is 0.203 e. The lowest BCUT2D eigenvalue weighted by atomic mass is 10.1. The summed E-state index contributed by atoms with van der Waals surface area (Å²) < 4.78 is 21.1. The maximum absolute atomic E-state index is 12.5. The number of aromatic hydroxyl groups is 1. The molecule has 0 aliphatic heterocycles. The average Bonchev–Trinajstić information content (AvgIpc) is 2.62. The highest BCUT2D eigenvalue weighted by Gasteiger charge is 2.17. The van der Waals surface area contributed by atoms with E-state index >= 15 is 0 Å². The number of fused-ring (bicyclic) bond motifs is 1. The summed E-state index contributed by atoms with van der Waals surface area (Å²) in [4.78, 5) is 12.3. The topological polar surface area (TPSA) is 124 Å². The molecule has 26 heavy (non-hydrogen) atoms. The molecule has 3 rings (SSSR count). The number of methoxy groups -OCH3 is 3. The molecule has 0 amide bonds. The Bertz CT molecular complexity index is 1030. The lowest BCUT2D eigenvalue weighted by Gasteiger charge is -2.18. The van der Waals surface area contributed by atoms with Crippen LogP contribution in [0.4, 0.5) is 0 Å². The van der Waals surface area contributed by atoms with Crippen LogP contribution in [0.1, 0.15) is 0 Å². The molecule has 0 aliphatic rings. The average molecular weight is 358 g/mol. The van der Waals surface area contributed by atoms with Crippen molar-refractivity contribution in [2.24, 2.45) is 0 Å². The third kappa shape index (κ3) is 2.61. The Hall–Kier alpha value is -3.55. The van der Waals surface area contributed by atoms with Crippen molar-refractivity contribution in [2.75, 3.05) is 21.3 Å². The summed E-state index contributed by atoms with van der Waals surface area (Å²) in [7, 11) is 4.22. The molecule has 0 saturated carbocycles. The monoisotopic (exact) mass is 358 g/mol. The summed E-state index contributed by atoms with van der Waals surface area (Å²) >= 11 is 0. The molecule has 0 spiro atoms. The van der Waals surface area contributed by atoms with Crippen molar-refractivity contribution in [1.82, 2.24) is 0 Å².